The van der Waals surface area contributed by atoms with Crippen LogP contribution in [0.1, 0.15) is 38.3 Å². The fourth-order valence-corrected chi connectivity index (χ4v) is 2.80. The van der Waals surface area contributed by atoms with Gasteiger partial charge in [0.25, 0.3) is 0 Å². The molecule has 0 amide bonds. The Morgan fingerprint density at radius 3 is 2.72 bits per heavy atom. The summed E-state index contributed by atoms with van der Waals surface area (Å²) in [5.74, 6) is 0.177. The molecule has 1 saturated carbocycles. The van der Waals surface area contributed by atoms with Crippen LogP contribution >= 0.6 is 15.9 Å². The van der Waals surface area contributed by atoms with Crippen LogP contribution in [0.4, 0.5) is 0 Å². The van der Waals surface area contributed by atoms with Gasteiger partial charge in [0, 0.05) is 23.0 Å². The zero-order valence-corrected chi connectivity index (χ0v) is 12.2. The lowest BCUT2D eigenvalue weighted by molar-refractivity contribution is -0.142. The third kappa shape index (κ3) is 2.98. The van der Waals surface area contributed by atoms with E-state index in [1.165, 1.54) is 0 Å². The lowest BCUT2D eigenvalue weighted by Gasteiger charge is -2.27. The number of carbonyl (C=O) groups excluding carboxylic acids is 1. The summed E-state index contributed by atoms with van der Waals surface area (Å²) in [4.78, 5) is 16.7. The second-order valence-electron chi connectivity index (χ2n) is 4.70. The molecule has 0 unspecified atom stereocenters. The van der Waals surface area contributed by atoms with Crippen molar-refractivity contribution in [1.29, 1.82) is 0 Å². The SMILES string of the molecule is CCOC1(C(=O)Cc2ccc(Br)cn2)CCCC1. The summed E-state index contributed by atoms with van der Waals surface area (Å²) < 4.78 is 6.69. The second kappa shape index (κ2) is 5.93. The van der Waals surface area contributed by atoms with Gasteiger partial charge in [-0.05, 0) is 60.7 Å². The lowest BCUT2D eigenvalue weighted by atomic mass is 9.93. The van der Waals surface area contributed by atoms with Crippen molar-refractivity contribution in [2.24, 2.45) is 0 Å². The summed E-state index contributed by atoms with van der Waals surface area (Å²) in [6, 6.07) is 3.80. The Bertz CT molecular complexity index is 410. The molecule has 0 bridgehead atoms. The van der Waals surface area contributed by atoms with E-state index in [-0.39, 0.29) is 5.78 Å². The highest BCUT2D eigenvalue weighted by Gasteiger charge is 2.41. The van der Waals surface area contributed by atoms with Gasteiger partial charge in [-0.15, -0.1) is 0 Å². The standard InChI is InChI=1S/C14H18BrNO2/c1-2-18-14(7-3-4-8-14)13(17)9-12-6-5-11(15)10-16-12/h5-6,10H,2-4,7-9H2,1H3. The molecular weight excluding hydrogens is 294 g/mol. The molecule has 0 radical (unpaired) electrons. The van der Waals surface area contributed by atoms with Crippen LogP contribution < -0.4 is 0 Å². The molecule has 1 fully saturated rings. The van der Waals surface area contributed by atoms with Crippen LogP contribution in [-0.2, 0) is 16.0 Å². The number of hydrogen-bond acceptors (Lipinski definition) is 3. The molecule has 1 aliphatic rings. The Kier molecular flexibility index (Phi) is 4.51. The molecule has 1 aliphatic carbocycles. The first kappa shape index (κ1) is 13.7. The Morgan fingerprint density at radius 1 is 1.44 bits per heavy atom. The summed E-state index contributed by atoms with van der Waals surface area (Å²) in [6.45, 7) is 2.55. The highest BCUT2D eigenvalue weighted by atomic mass is 79.9. The van der Waals surface area contributed by atoms with Gasteiger partial charge in [0.1, 0.15) is 5.60 Å². The molecule has 0 saturated heterocycles. The van der Waals surface area contributed by atoms with Crippen molar-refractivity contribution in [3.63, 3.8) is 0 Å². The Hall–Kier alpha value is -0.740. The fourth-order valence-electron chi connectivity index (χ4n) is 2.56. The summed E-state index contributed by atoms with van der Waals surface area (Å²) >= 11 is 3.34. The molecule has 1 aromatic heterocycles. The minimum Gasteiger partial charge on any atom is -0.367 e. The number of halogens is 1. The van der Waals surface area contributed by atoms with Crippen molar-refractivity contribution in [2.45, 2.75) is 44.6 Å². The van der Waals surface area contributed by atoms with Gasteiger partial charge in [0.05, 0.1) is 6.42 Å². The van der Waals surface area contributed by atoms with Crippen molar-refractivity contribution >= 4 is 21.7 Å². The molecule has 0 atom stereocenters. The van der Waals surface area contributed by atoms with E-state index in [0.717, 1.165) is 35.8 Å². The number of carbonyl (C=O) groups is 1. The maximum Gasteiger partial charge on any atom is 0.170 e. The zero-order chi connectivity index (χ0) is 13.0. The molecule has 2 rings (SSSR count). The highest BCUT2D eigenvalue weighted by Crippen LogP contribution is 2.34. The number of ether oxygens (including phenoxy) is 1. The Balaban J connectivity index is 2.07. The highest BCUT2D eigenvalue weighted by molar-refractivity contribution is 9.10. The number of nitrogens with zero attached hydrogens (tertiary/aromatic N) is 1. The monoisotopic (exact) mass is 311 g/mol. The number of pyridine rings is 1. The maximum absolute atomic E-state index is 12.4. The zero-order valence-electron chi connectivity index (χ0n) is 10.6. The molecule has 18 heavy (non-hydrogen) atoms. The van der Waals surface area contributed by atoms with E-state index in [4.69, 9.17) is 4.74 Å². The van der Waals surface area contributed by atoms with E-state index in [1.807, 2.05) is 19.1 Å². The lowest BCUT2D eigenvalue weighted by Crippen LogP contribution is -2.40. The van der Waals surface area contributed by atoms with Gasteiger partial charge in [-0.1, -0.05) is 0 Å². The van der Waals surface area contributed by atoms with Gasteiger partial charge in [0.15, 0.2) is 5.78 Å². The number of Topliss-reactive ketones (excluding diaryl/α,β-unsaturated/α-hetero) is 1. The quantitative estimate of drug-likeness (QED) is 0.837. The van der Waals surface area contributed by atoms with Crippen LogP contribution in [0.15, 0.2) is 22.8 Å². The normalized spacial score (nSPS) is 17.9. The third-order valence-electron chi connectivity index (χ3n) is 3.47. The molecule has 98 valence electrons. The van der Waals surface area contributed by atoms with E-state index < -0.39 is 5.60 Å². The van der Waals surface area contributed by atoms with Crippen LogP contribution in [0.25, 0.3) is 0 Å². The van der Waals surface area contributed by atoms with E-state index in [9.17, 15) is 4.79 Å². The van der Waals surface area contributed by atoms with Gasteiger partial charge in [-0.2, -0.15) is 0 Å². The van der Waals surface area contributed by atoms with Crippen molar-refractivity contribution in [1.82, 2.24) is 4.98 Å². The maximum atomic E-state index is 12.4. The molecule has 0 aliphatic heterocycles. The molecule has 4 heteroatoms. The van der Waals surface area contributed by atoms with E-state index >= 15 is 0 Å². The Morgan fingerprint density at radius 2 is 2.17 bits per heavy atom. The van der Waals surface area contributed by atoms with Gasteiger partial charge in [-0.3, -0.25) is 9.78 Å². The average Bonchev–Trinajstić information content (AvgIpc) is 2.82. The van der Waals surface area contributed by atoms with Gasteiger partial charge in [-0.25, -0.2) is 0 Å². The average molecular weight is 312 g/mol. The van der Waals surface area contributed by atoms with Gasteiger partial charge < -0.3 is 4.74 Å². The topological polar surface area (TPSA) is 39.2 Å². The number of hydrogen-bond donors (Lipinski definition) is 0. The minimum absolute atomic E-state index is 0.177. The smallest absolute Gasteiger partial charge is 0.170 e. The molecule has 3 nitrogen and oxygen atoms in total. The third-order valence-corrected chi connectivity index (χ3v) is 3.94. The van der Waals surface area contributed by atoms with Gasteiger partial charge >= 0.3 is 0 Å². The molecule has 1 heterocycles. The molecule has 0 spiro atoms. The number of rotatable bonds is 5. The predicted molar refractivity (Wildman–Crippen MR) is 73.5 cm³/mol. The van der Waals surface area contributed by atoms with E-state index in [2.05, 4.69) is 20.9 Å². The first-order chi connectivity index (χ1) is 8.66. The summed E-state index contributed by atoms with van der Waals surface area (Å²) in [5, 5.41) is 0. The summed E-state index contributed by atoms with van der Waals surface area (Å²) in [5.41, 5.74) is 0.276. The van der Waals surface area contributed by atoms with Crippen LogP contribution in [-0.4, -0.2) is 23.0 Å². The van der Waals surface area contributed by atoms with Crippen molar-refractivity contribution in [3.8, 4) is 0 Å². The Labute approximate surface area is 116 Å². The minimum atomic E-state index is -0.538. The van der Waals surface area contributed by atoms with Gasteiger partial charge in [0.2, 0.25) is 0 Å². The summed E-state index contributed by atoms with van der Waals surface area (Å²) in [6.07, 6.45) is 5.98. The van der Waals surface area contributed by atoms with Crippen LogP contribution in [0.2, 0.25) is 0 Å². The summed E-state index contributed by atoms with van der Waals surface area (Å²) in [7, 11) is 0. The van der Waals surface area contributed by atoms with E-state index in [0.29, 0.717) is 13.0 Å². The fraction of sp³-hybridized carbons (Fsp3) is 0.571. The second-order valence-corrected chi connectivity index (χ2v) is 5.62. The molecule has 1 aromatic rings. The number of ketones is 1. The van der Waals surface area contributed by atoms with Crippen molar-refractivity contribution in [3.05, 3.63) is 28.5 Å². The van der Waals surface area contributed by atoms with E-state index in [1.54, 1.807) is 6.20 Å². The van der Waals surface area contributed by atoms with Crippen LogP contribution in [0.5, 0.6) is 0 Å². The first-order valence-corrected chi connectivity index (χ1v) is 7.23. The molecular formula is C14H18BrNO2. The van der Waals surface area contributed by atoms with Crippen LogP contribution in [0.3, 0.4) is 0 Å². The van der Waals surface area contributed by atoms with Crippen molar-refractivity contribution < 1.29 is 9.53 Å². The first-order valence-electron chi connectivity index (χ1n) is 6.44. The number of aromatic nitrogens is 1. The molecule has 0 aromatic carbocycles. The van der Waals surface area contributed by atoms with Crippen molar-refractivity contribution in [2.75, 3.05) is 6.61 Å². The van der Waals surface area contributed by atoms with Crippen LogP contribution in [0, 0.1) is 0 Å². The molecule has 0 N–H and O–H groups in total. The predicted octanol–water partition coefficient (Wildman–Crippen LogP) is 3.31. The largest absolute Gasteiger partial charge is 0.367 e.